The maximum Gasteiger partial charge on any atom is 0.0898 e. The zero-order valence-electron chi connectivity index (χ0n) is 11.5. The molecule has 0 radical (unpaired) electrons. The molecule has 0 saturated carbocycles. The van der Waals surface area contributed by atoms with E-state index >= 15 is 0 Å². The number of nitrogens with zero attached hydrogens (tertiary/aromatic N) is 2. The summed E-state index contributed by atoms with van der Waals surface area (Å²) in [7, 11) is 0. The van der Waals surface area contributed by atoms with Gasteiger partial charge >= 0.3 is 0 Å². The molecule has 0 aromatic rings. The molecular formula is C14H28N2. The number of allylic oxidation sites excluding steroid dienone is 1. The van der Waals surface area contributed by atoms with Crippen LogP contribution in [-0.4, -0.2) is 29.1 Å². The van der Waals surface area contributed by atoms with Gasteiger partial charge < -0.3 is 9.80 Å². The third kappa shape index (κ3) is 3.73. The third-order valence-corrected chi connectivity index (χ3v) is 3.29. The van der Waals surface area contributed by atoms with Gasteiger partial charge in [-0.3, -0.25) is 0 Å². The maximum absolute atomic E-state index is 2.57. The Morgan fingerprint density at radius 2 is 1.88 bits per heavy atom. The Kier molecular flexibility index (Phi) is 5.72. The van der Waals surface area contributed by atoms with E-state index in [1.165, 1.54) is 38.6 Å². The molecular weight excluding hydrogens is 196 g/mol. The first-order valence-electron chi connectivity index (χ1n) is 6.90. The van der Waals surface area contributed by atoms with Gasteiger partial charge in [0, 0.05) is 24.5 Å². The second-order valence-electron chi connectivity index (χ2n) is 5.09. The molecule has 1 aliphatic rings. The fraction of sp³-hybridized carbons (Fsp3) is 0.857. The van der Waals surface area contributed by atoms with Gasteiger partial charge in [-0.1, -0.05) is 26.7 Å². The Balaban J connectivity index is 2.52. The van der Waals surface area contributed by atoms with Gasteiger partial charge in [0.05, 0.1) is 6.67 Å². The number of hydrogen-bond acceptors (Lipinski definition) is 2. The average molecular weight is 224 g/mol. The van der Waals surface area contributed by atoms with Crippen molar-refractivity contribution >= 4 is 0 Å². The van der Waals surface area contributed by atoms with Crippen molar-refractivity contribution in [3.8, 4) is 0 Å². The van der Waals surface area contributed by atoms with Crippen molar-refractivity contribution in [3.63, 3.8) is 0 Å². The molecule has 1 aliphatic heterocycles. The second kappa shape index (κ2) is 6.82. The summed E-state index contributed by atoms with van der Waals surface area (Å²) in [5.41, 5.74) is 1.56. The van der Waals surface area contributed by atoms with Crippen LogP contribution in [0.1, 0.15) is 59.8 Å². The van der Waals surface area contributed by atoms with Gasteiger partial charge in [0.15, 0.2) is 0 Å². The standard InChI is InChI=1S/C14H28N2/c1-5-7-9-14-11-16(13(3)4)12-15(14)10-8-6-2/h11,13H,5-10,12H2,1-4H3. The molecule has 16 heavy (non-hydrogen) atoms. The van der Waals surface area contributed by atoms with Crippen LogP contribution in [-0.2, 0) is 0 Å². The number of rotatable bonds is 7. The van der Waals surface area contributed by atoms with Crippen molar-refractivity contribution in [2.24, 2.45) is 0 Å². The topological polar surface area (TPSA) is 6.48 Å². The van der Waals surface area contributed by atoms with Crippen LogP contribution in [0.5, 0.6) is 0 Å². The lowest BCUT2D eigenvalue weighted by atomic mass is 10.2. The highest BCUT2D eigenvalue weighted by Crippen LogP contribution is 2.23. The minimum Gasteiger partial charge on any atom is -0.356 e. The minimum absolute atomic E-state index is 0.628. The smallest absolute Gasteiger partial charge is 0.0898 e. The van der Waals surface area contributed by atoms with Crippen molar-refractivity contribution in [2.75, 3.05) is 13.2 Å². The zero-order chi connectivity index (χ0) is 12.0. The van der Waals surface area contributed by atoms with Crippen LogP contribution in [0.25, 0.3) is 0 Å². The summed E-state index contributed by atoms with van der Waals surface area (Å²) in [6.45, 7) is 11.4. The van der Waals surface area contributed by atoms with E-state index < -0.39 is 0 Å². The van der Waals surface area contributed by atoms with Crippen molar-refractivity contribution < 1.29 is 0 Å². The first-order chi connectivity index (χ1) is 7.69. The lowest BCUT2D eigenvalue weighted by molar-refractivity contribution is 0.219. The van der Waals surface area contributed by atoms with E-state index in [0.717, 1.165) is 6.67 Å². The monoisotopic (exact) mass is 224 g/mol. The van der Waals surface area contributed by atoms with Gasteiger partial charge in [0.1, 0.15) is 0 Å². The van der Waals surface area contributed by atoms with Crippen LogP contribution in [0.4, 0.5) is 0 Å². The van der Waals surface area contributed by atoms with E-state index in [1.807, 2.05) is 0 Å². The normalized spacial score (nSPS) is 16.2. The second-order valence-corrected chi connectivity index (χ2v) is 5.09. The summed E-state index contributed by atoms with van der Waals surface area (Å²) >= 11 is 0. The lowest BCUT2D eigenvalue weighted by Crippen LogP contribution is -2.31. The molecule has 0 aromatic heterocycles. The maximum atomic E-state index is 2.57. The molecule has 94 valence electrons. The lowest BCUT2D eigenvalue weighted by Gasteiger charge is -2.26. The summed E-state index contributed by atoms with van der Waals surface area (Å²) < 4.78 is 0. The fourth-order valence-electron chi connectivity index (χ4n) is 2.06. The summed E-state index contributed by atoms with van der Waals surface area (Å²) in [5, 5.41) is 0. The predicted molar refractivity (Wildman–Crippen MR) is 71.1 cm³/mol. The molecule has 0 saturated heterocycles. The molecule has 0 amide bonds. The number of hydrogen-bond donors (Lipinski definition) is 0. The van der Waals surface area contributed by atoms with Gasteiger partial charge in [-0.2, -0.15) is 0 Å². The molecule has 0 N–H and O–H groups in total. The van der Waals surface area contributed by atoms with E-state index in [-0.39, 0.29) is 0 Å². The predicted octanol–water partition coefficient (Wildman–Crippen LogP) is 3.80. The van der Waals surface area contributed by atoms with Crippen LogP contribution in [0.2, 0.25) is 0 Å². The molecule has 0 aliphatic carbocycles. The highest BCUT2D eigenvalue weighted by Gasteiger charge is 2.21. The van der Waals surface area contributed by atoms with Crippen LogP contribution >= 0.6 is 0 Å². The Labute approximate surface area is 101 Å². The van der Waals surface area contributed by atoms with Crippen LogP contribution in [0.3, 0.4) is 0 Å². The van der Waals surface area contributed by atoms with E-state index in [2.05, 4.69) is 43.7 Å². The molecule has 1 rings (SSSR count). The SMILES string of the molecule is CCCCC1=CN(C(C)C)CN1CCCC. The first kappa shape index (κ1) is 13.4. The Morgan fingerprint density at radius 3 is 2.44 bits per heavy atom. The highest BCUT2D eigenvalue weighted by atomic mass is 15.4. The Hall–Kier alpha value is -0.660. The Morgan fingerprint density at radius 1 is 1.19 bits per heavy atom. The van der Waals surface area contributed by atoms with Crippen LogP contribution in [0, 0.1) is 0 Å². The highest BCUT2D eigenvalue weighted by molar-refractivity contribution is 5.07. The molecule has 0 spiro atoms. The molecule has 0 aromatic carbocycles. The van der Waals surface area contributed by atoms with Crippen molar-refractivity contribution in [1.82, 2.24) is 9.80 Å². The van der Waals surface area contributed by atoms with E-state index in [0.29, 0.717) is 6.04 Å². The summed E-state index contributed by atoms with van der Waals surface area (Å²) in [6.07, 6.45) is 8.86. The summed E-state index contributed by atoms with van der Waals surface area (Å²) in [5.74, 6) is 0. The molecule has 2 nitrogen and oxygen atoms in total. The van der Waals surface area contributed by atoms with E-state index in [9.17, 15) is 0 Å². The minimum atomic E-state index is 0.628. The van der Waals surface area contributed by atoms with Gasteiger partial charge in [-0.15, -0.1) is 0 Å². The van der Waals surface area contributed by atoms with Crippen molar-refractivity contribution in [1.29, 1.82) is 0 Å². The van der Waals surface area contributed by atoms with Crippen LogP contribution in [0.15, 0.2) is 11.9 Å². The molecule has 1 heterocycles. The van der Waals surface area contributed by atoms with Crippen molar-refractivity contribution in [2.45, 2.75) is 65.8 Å². The summed E-state index contributed by atoms with van der Waals surface area (Å²) in [6, 6.07) is 0.628. The molecule has 0 bridgehead atoms. The van der Waals surface area contributed by atoms with Gasteiger partial charge in [0.25, 0.3) is 0 Å². The first-order valence-corrected chi connectivity index (χ1v) is 6.90. The Bertz CT molecular complexity index is 221. The zero-order valence-corrected chi connectivity index (χ0v) is 11.5. The average Bonchev–Trinajstić information content (AvgIpc) is 2.67. The van der Waals surface area contributed by atoms with E-state index in [4.69, 9.17) is 0 Å². The molecule has 0 unspecified atom stereocenters. The van der Waals surface area contributed by atoms with Crippen LogP contribution < -0.4 is 0 Å². The summed E-state index contributed by atoms with van der Waals surface area (Å²) in [4.78, 5) is 5.03. The number of unbranched alkanes of at least 4 members (excludes halogenated alkanes) is 2. The molecule has 2 heteroatoms. The van der Waals surface area contributed by atoms with E-state index in [1.54, 1.807) is 5.70 Å². The van der Waals surface area contributed by atoms with Gasteiger partial charge in [-0.05, 0) is 33.1 Å². The largest absolute Gasteiger partial charge is 0.356 e. The van der Waals surface area contributed by atoms with Gasteiger partial charge in [-0.25, -0.2) is 0 Å². The quantitative estimate of drug-likeness (QED) is 0.649. The molecule has 0 fully saturated rings. The van der Waals surface area contributed by atoms with Gasteiger partial charge in [0.2, 0.25) is 0 Å². The fourth-order valence-corrected chi connectivity index (χ4v) is 2.06. The third-order valence-electron chi connectivity index (χ3n) is 3.29. The van der Waals surface area contributed by atoms with Crippen molar-refractivity contribution in [3.05, 3.63) is 11.9 Å². The molecule has 0 atom stereocenters.